The van der Waals surface area contributed by atoms with Gasteiger partial charge in [-0.25, -0.2) is 0 Å². The third-order valence-corrected chi connectivity index (χ3v) is 4.65. The highest BCUT2D eigenvalue weighted by atomic mass is 32.2. The Kier molecular flexibility index (Phi) is 5.27. The normalized spacial score (nSPS) is 36.1. The van der Waals surface area contributed by atoms with E-state index in [9.17, 15) is 20.4 Å². The fourth-order valence-electron chi connectivity index (χ4n) is 2.29. The minimum atomic E-state index is -1.91. The van der Waals surface area contributed by atoms with E-state index in [1.54, 1.807) is 0 Å². The number of aliphatic hydroxyl groups is 4. The van der Waals surface area contributed by atoms with Crippen LogP contribution >= 0.6 is 11.8 Å². The number of terminal acetylenes is 1. The Morgan fingerprint density at radius 3 is 2.48 bits per heavy atom. The first kappa shape index (κ1) is 16.3. The third-order valence-electron chi connectivity index (χ3n) is 3.50. The molecule has 5 atom stereocenters. The lowest BCUT2D eigenvalue weighted by molar-refractivity contribution is -0.253. The van der Waals surface area contributed by atoms with Crippen LogP contribution in [0.5, 0.6) is 0 Å². The lowest BCUT2D eigenvalue weighted by Crippen LogP contribution is -2.66. The van der Waals surface area contributed by atoms with Gasteiger partial charge in [0.05, 0.1) is 6.61 Å². The van der Waals surface area contributed by atoms with E-state index in [0.717, 1.165) is 4.90 Å². The van der Waals surface area contributed by atoms with Gasteiger partial charge in [0, 0.05) is 11.3 Å². The van der Waals surface area contributed by atoms with Crippen molar-refractivity contribution in [2.24, 2.45) is 0 Å². The molecular formula is C15H18O5S. The summed E-state index contributed by atoms with van der Waals surface area (Å²) in [5.74, 6) is 2.25. The van der Waals surface area contributed by atoms with Crippen molar-refractivity contribution in [3.8, 4) is 12.3 Å². The minimum Gasteiger partial charge on any atom is -0.394 e. The fourth-order valence-corrected chi connectivity index (χ4v) is 3.44. The Balaban J connectivity index is 2.23. The smallest absolute Gasteiger partial charge is 0.137 e. The maximum absolute atomic E-state index is 10.5. The molecular weight excluding hydrogens is 292 g/mol. The predicted molar refractivity (Wildman–Crippen MR) is 78.5 cm³/mol. The number of hydrogen-bond acceptors (Lipinski definition) is 6. The Bertz CT molecular complexity index is 503. The molecule has 0 unspecified atom stereocenters. The van der Waals surface area contributed by atoms with E-state index in [-0.39, 0.29) is 6.42 Å². The monoisotopic (exact) mass is 310 g/mol. The second-order valence-electron chi connectivity index (χ2n) is 4.92. The van der Waals surface area contributed by atoms with Crippen LogP contribution in [0.3, 0.4) is 0 Å². The molecule has 1 saturated heterocycles. The standard InChI is InChI=1S/C15H18O5S/c1-2-8-15(19)12(17)11(9-16)20-14(13(15)18)21-10-6-4-3-5-7-10/h1,3-7,11-14,16-19H,8-9H2/t11-,12+,13+,14+,15+/m1/s1. The molecule has 1 aliphatic heterocycles. The molecule has 2 rings (SSSR count). The molecule has 6 heteroatoms. The van der Waals surface area contributed by atoms with Gasteiger partial charge in [-0.2, -0.15) is 0 Å². The van der Waals surface area contributed by atoms with E-state index in [1.165, 1.54) is 11.8 Å². The van der Waals surface area contributed by atoms with Crippen molar-refractivity contribution in [2.75, 3.05) is 6.61 Å². The summed E-state index contributed by atoms with van der Waals surface area (Å²) in [6.45, 7) is -0.480. The molecule has 0 bridgehead atoms. The summed E-state index contributed by atoms with van der Waals surface area (Å²) in [5.41, 5.74) is -2.75. The minimum absolute atomic E-state index is 0.235. The summed E-state index contributed by atoms with van der Waals surface area (Å²) in [6, 6.07) is 9.20. The maximum Gasteiger partial charge on any atom is 0.137 e. The molecule has 1 aliphatic rings. The van der Waals surface area contributed by atoms with Gasteiger partial charge >= 0.3 is 0 Å². The first-order valence-electron chi connectivity index (χ1n) is 6.53. The molecule has 5 nitrogen and oxygen atoms in total. The largest absolute Gasteiger partial charge is 0.394 e. The van der Waals surface area contributed by atoms with Gasteiger partial charge in [0.2, 0.25) is 0 Å². The summed E-state index contributed by atoms with van der Waals surface area (Å²) in [7, 11) is 0. The van der Waals surface area contributed by atoms with Crippen molar-refractivity contribution in [2.45, 2.75) is 40.7 Å². The molecule has 0 saturated carbocycles. The summed E-state index contributed by atoms with van der Waals surface area (Å²) in [6.07, 6.45) is 1.13. The van der Waals surface area contributed by atoms with Crippen LogP contribution in [0.15, 0.2) is 35.2 Å². The number of thioether (sulfide) groups is 1. The Labute approximate surface area is 127 Å². The van der Waals surface area contributed by atoms with Gasteiger partial charge in [-0.3, -0.25) is 0 Å². The van der Waals surface area contributed by atoms with Crippen molar-refractivity contribution >= 4 is 11.8 Å². The van der Waals surface area contributed by atoms with Gasteiger partial charge < -0.3 is 25.2 Å². The van der Waals surface area contributed by atoms with E-state index in [1.807, 2.05) is 30.3 Å². The summed E-state index contributed by atoms with van der Waals surface area (Å²) in [5, 5.41) is 40.2. The molecule has 0 radical (unpaired) electrons. The Morgan fingerprint density at radius 2 is 1.90 bits per heavy atom. The Morgan fingerprint density at radius 1 is 1.24 bits per heavy atom. The first-order chi connectivity index (χ1) is 10.0. The molecule has 21 heavy (non-hydrogen) atoms. The summed E-state index contributed by atoms with van der Waals surface area (Å²) in [4.78, 5) is 0.831. The molecule has 0 aliphatic carbocycles. The van der Waals surface area contributed by atoms with E-state index in [4.69, 9.17) is 11.2 Å². The van der Waals surface area contributed by atoms with Gasteiger partial charge in [-0.15, -0.1) is 12.3 Å². The number of aliphatic hydroxyl groups excluding tert-OH is 3. The lowest BCUT2D eigenvalue weighted by atomic mass is 9.82. The molecule has 0 spiro atoms. The van der Waals surface area contributed by atoms with Crippen LogP contribution in [0, 0.1) is 12.3 Å². The third kappa shape index (κ3) is 3.24. The van der Waals surface area contributed by atoms with Gasteiger partial charge in [-0.05, 0) is 12.1 Å². The average Bonchev–Trinajstić information content (AvgIpc) is 2.50. The van der Waals surface area contributed by atoms with Crippen molar-refractivity contribution in [3.63, 3.8) is 0 Å². The Hall–Kier alpha value is -1.07. The molecule has 1 aromatic carbocycles. The van der Waals surface area contributed by atoms with Crippen LogP contribution in [-0.4, -0.2) is 56.4 Å². The zero-order valence-electron chi connectivity index (χ0n) is 11.3. The quantitative estimate of drug-likeness (QED) is 0.584. The number of benzene rings is 1. The van der Waals surface area contributed by atoms with Crippen LogP contribution in [0.25, 0.3) is 0 Å². The molecule has 0 aromatic heterocycles. The molecule has 4 N–H and O–H groups in total. The van der Waals surface area contributed by atoms with Gasteiger partial charge in [0.1, 0.15) is 29.3 Å². The van der Waals surface area contributed by atoms with Crippen LogP contribution in [0.4, 0.5) is 0 Å². The zero-order valence-corrected chi connectivity index (χ0v) is 12.1. The maximum atomic E-state index is 10.5. The van der Waals surface area contributed by atoms with Crippen LogP contribution in [-0.2, 0) is 4.74 Å². The van der Waals surface area contributed by atoms with Gasteiger partial charge in [0.15, 0.2) is 0 Å². The van der Waals surface area contributed by atoms with Crippen LogP contribution in [0.1, 0.15) is 6.42 Å². The van der Waals surface area contributed by atoms with E-state index >= 15 is 0 Å². The van der Waals surface area contributed by atoms with Crippen molar-refractivity contribution in [1.82, 2.24) is 0 Å². The topological polar surface area (TPSA) is 90.2 Å². The number of ether oxygens (including phenoxy) is 1. The SMILES string of the molecule is C#CC[C@]1(O)[C@@H](O)[C@@H](CO)O[C@@H](Sc2ccccc2)[C@@H]1O. The lowest BCUT2D eigenvalue weighted by Gasteiger charge is -2.47. The van der Waals surface area contributed by atoms with E-state index < -0.39 is 36.0 Å². The molecule has 114 valence electrons. The fraction of sp³-hybridized carbons (Fsp3) is 0.467. The highest BCUT2D eigenvalue weighted by Crippen LogP contribution is 2.39. The number of hydrogen-bond donors (Lipinski definition) is 4. The second kappa shape index (κ2) is 6.79. The van der Waals surface area contributed by atoms with Crippen molar-refractivity contribution < 1.29 is 25.2 Å². The highest BCUT2D eigenvalue weighted by molar-refractivity contribution is 7.99. The molecule has 1 fully saturated rings. The summed E-state index contributed by atoms with van der Waals surface area (Å²) < 4.78 is 5.49. The second-order valence-corrected chi connectivity index (χ2v) is 6.09. The van der Waals surface area contributed by atoms with Crippen LogP contribution in [0.2, 0.25) is 0 Å². The first-order valence-corrected chi connectivity index (χ1v) is 7.41. The molecule has 1 heterocycles. The number of rotatable bonds is 4. The molecule has 0 amide bonds. The van der Waals surface area contributed by atoms with Gasteiger partial charge in [-0.1, -0.05) is 30.0 Å². The van der Waals surface area contributed by atoms with Gasteiger partial charge in [0.25, 0.3) is 0 Å². The van der Waals surface area contributed by atoms with E-state index in [2.05, 4.69) is 5.92 Å². The predicted octanol–water partition coefficient (Wildman–Crippen LogP) is -0.0279. The zero-order chi connectivity index (χ0) is 15.5. The van der Waals surface area contributed by atoms with E-state index in [0.29, 0.717) is 0 Å². The van der Waals surface area contributed by atoms with Crippen molar-refractivity contribution in [3.05, 3.63) is 30.3 Å². The van der Waals surface area contributed by atoms with Crippen LogP contribution < -0.4 is 0 Å². The highest BCUT2D eigenvalue weighted by Gasteiger charge is 2.54. The molecule has 1 aromatic rings. The van der Waals surface area contributed by atoms with Crippen molar-refractivity contribution in [1.29, 1.82) is 0 Å². The summed E-state index contributed by atoms with van der Waals surface area (Å²) >= 11 is 1.20. The average molecular weight is 310 g/mol.